The minimum atomic E-state index is 0.900. The lowest BCUT2D eigenvalue weighted by Gasteiger charge is -1.94. The number of thiophene rings is 1. The molecule has 0 atom stereocenters. The summed E-state index contributed by atoms with van der Waals surface area (Å²) in [5, 5.41) is 2.08. The summed E-state index contributed by atoms with van der Waals surface area (Å²) >= 11 is 8.72. The van der Waals surface area contributed by atoms with Gasteiger partial charge in [-0.2, -0.15) is 0 Å². The van der Waals surface area contributed by atoms with Crippen LogP contribution in [0, 0.1) is 0 Å². The highest BCUT2D eigenvalue weighted by Gasteiger charge is 2.07. The number of hydrogen-bond donors (Lipinski definition) is 1. The van der Waals surface area contributed by atoms with Crippen LogP contribution in [-0.4, -0.2) is 9.97 Å². The van der Waals surface area contributed by atoms with E-state index >= 15 is 0 Å². The van der Waals surface area contributed by atoms with E-state index in [0.29, 0.717) is 0 Å². The number of aromatic amines is 1. The second-order valence-electron chi connectivity index (χ2n) is 2.57. The van der Waals surface area contributed by atoms with Crippen LogP contribution in [-0.2, 0) is 6.42 Å². The van der Waals surface area contributed by atoms with Gasteiger partial charge in [-0.15, -0.1) is 11.3 Å². The van der Waals surface area contributed by atoms with Gasteiger partial charge in [0.1, 0.15) is 0 Å². The molecule has 5 heteroatoms. The number of nitrogens with zero attached hydrogens (tertiary/aromatic N) is 1. The zero-order chi connectivity index (χ0) is 9.26. The summed E-state index contributed by atoms with van der Waals surface area (Å²) in [6.07, 6.45) is 4.45. The van der Waals surface area contributed by atoms with Crippen LogP contribution in [0.4, 0.5) is 0 Å². The fourth-order valence-corrected chi connectivity index (χ4v) is 3.19. The highest BCUT2D eigenvalue weighted by molar-refractivity contribution is 9.13. The molecule has 2 aromatic heterocycles. The van der Waals surface area contributed by atoms with Crippen LogP contribution in [0.5, 0.6) is 0 Å². The van der Waals surface area contributed by atoms with Crippen LogP contribution in [0.25, 0.3) is 0 Å². The molecule has 0 amide bonds. The van der Waals surface area contributed by atoms with Crippen LogP contribution in [0.2, 0.25) is 0 Å². The summed E-state index contributed by atoms with van der Waals surface area (Å²) in [6, 6.07) is 0. The number of H-pyrrole nitrogens is 1. The number of nitrogens with one attached hydrogen (secondary N) is 1. The Labute approximate surface area is 96.7 Å². The molecule has 0 aliphatic heterocycles. The molecule has 2 rings (SSSR count). The van der Waals surface area contributed by atoms with E-state index < -0.39 is 0 Å². The maximum absolute atomic E-state index is 3.98. The highest BCUT2D eigenvalue weighted by atomic mass is 79.9. The molecule has 0 aromatic carbocycles. The van der Waals surface area contributed by atoms with Gasteiger partial charge in [-0.1, -0.05) is 0 Å². The molecule has 2 nitrogen and oxygen atoms in total. The zero-order valence-corrected chi connectivity index (χ0v) is 10.5. The van der Waals surface area contributed by atoms with E-state index in [2.05, 4.69) is 47.2 Å². The molecule has 0 radical (unpaired) electrons. The van der Waals surface area contributed by atoms with Crippen LogP contribution < -0.4 is 0 Å². The number of imidazole rings is 1. The summed E-state index contributed by atoms with van der Waals surface area (Å²) in [5.74, 6) is 0. The molecule has 0 aliphatic carbocycles. The van der Waals surface area contributed by atoms with Gasteiger partial charge in [-0.3, -0.25) is 0 Å². The van der Waals surface area contributed by atoms with Gasteiger partial charge in [-0.25, -0.2) is 4.98 Å². The van der Waals surface area contributed by atoms with Crippen molar-refractivity contribution in [2.75, 3.05) is 0 Å². The Bertz CT molecular complexity index is 394. The van der Waals surface area contributed by atoms with E-state index in [0.717, 1.165) is 21.1 Å². The maximum Gasteiger partial charge on any atom is 0.0921 e. The third kappa shape index (κ3) is 2.03. The summed E-state index contributed by atoms with van der Waals surface area (Å²) in [5.41, 5.74) is 1.13. The molecule has 13 heavy (non-hydrogen) atoms. The van der Waals surface area contributed by atoms with Crippen LogP contribution in [0.1, 0.15) is 10.6 Å². The van der Waals surface area contributed by atoms with Crippen molar-refractivity contribution in [2.45, 2.75) is 6.42 Å². The van der Waals surface area contributed by atoms with Gasteiger partial charge in [0.15, 0.2) is 0 Å². The van der Waals surface area contributed by atoms with Crippen molar-refractivity contribution in [1.82, 2.24) is 9.97 Å². The third-order valence-corrected chi connectivity index (χ3v) is 5.28. The molecule has 0 fully saturated rings. The molecule has 0 bridgehead atoms. The fourth-order valence-electron chi connectivity index (χ4n) is 1.03. The van der Waals surface area contributed by atoms with Crippen molar-refractivity contribution in [3.63, 3.8) is 0 Å². The summed E-state index contributed by atoms with van der Waals surface area (Å²) in [7, 11) is 0. The van der Waals surface area contributed by atoms with Gasteiger partial charge >= 0.3 is 0 Å². The highest BCUT2D eigenvalue weighted by Crippen LogP contribution is 2.33. The number of aromatic nitrogens is 2. The third-order valence-electron chi connectivity index (χ3n) is 1.67. The Kier molecular flexibility index (Phi) is 2.86. The SMILES string of the molecule is Brc1csc(Cc2cnc[nH]2)c1Br. The topological polar surface area (TPSA) is 28.7 Å². The fraction of sp³-hybridized carbons (Fsp3) is 0.125. The first-order chi connectivity index (χ1) is 6.27. The van der Waals surface area contributed by atoms with E-state index in [9.17, 15) is 0 Å². The van der Waals surface area contributed by atoms with E-state index in [-0.39, 0.29) is 0 Å². The van der Waals surface area contributed by atoms with Gasteiger partial charge in [0.2, 0.25) is 0 Å². The van der Waals surface area contributed by atoms with Crippen LogP contribution >= 0.6 is 43.2 Å². The number of hydrogen-bond acceptors (Lipinski definition) is 2. The van der Waals surface area contributed by atoms with Gasteiger partial charge in [0, 0.05) is 37.5 Å². The average Bonchev–Trinajstić information content (AvgIpc) is 2.71. The molecule has 0 spiro atoms. The molecule has 0 saturated heterocycles. The molecular formula is C8H6Br2N2S. The Morgan fingerprint density at radius 2 is 2.31 bits per heavy atom. The Hall–Kier alpha value is -0.130. The quantitative estimate of drug-likeness (QED) is 0.899. The van der Waals surface area contributed by atoms with Crippen molar-refractivity contribution in [1.29, 1.82) is 0 Å². The van der Waals surface area contributed by atoms with Gasteiger partial charge in [0.25, 0.3) is 0 Å². The molecule has 1 N–H and O–H groups in total. The lowest BCUT2D eigenvalue weighted by atomic mass is 10.3. The first-order valence-electron chi connectivity index (χ1n) is 3.66. The minimum Gasteiger partial charge on any atom is -0.348 e. The second kappa shape index (κ2) is 3.94. The normalized spacial score (nSPS) is 10.6. The number of rotatable bonds is 2. The van der Waals surface area contributed by atoms with E-state index in [4.69, 9.17) is 0 Å². The van der Waals surface area contributed by atoms with Crippen molar-refractivity contribution in [3.8, 4) is 0 Å². The average molecular weight is 322 g/mol. The Morgan fingerprint density at radius 1 is 1.46 bits per heavy atom. The van der Waals surface area contributed by atoms with Gasteiger partial charge < -0.3 is 4.98 Å². The maximum atomic E-state index is 3.98. The predicted molar refractivity (Wildman–Crippen MR) is 61.1 cm³/mol. The molecule has 68 valence electrons. The van der Waals surface area contributed by atoms with Gasteiger partial charge in [0.05, 0.1) is 6.33 Å². The molecular weight excluding hydrogens is 316 g/mol. The van der Waals surface area contributed by atoms with E-state index in [1.54, 1.807) is 17.7 Å². The van der Waals surface area contributed by atoms with Crippen molar-refractivity contribution in [3.05, 3.63) is 37.4 Å². The predicted octanol–water partition coefficient (Wildman–Crippen LogP) is 3.59. The molecule has 0 aliphatic rings. The van der Waals surface area contributed by atoms with Crippen LogP contribution in [0.15, 0.2) is 26.8 Å². The molecule has 2 aromatic rings. The monoisotopic (exact) mass is 320 g/mol. The van der Waals surface area contributed by atoms with Crippen molar-refractivity contribution < 1.29 is 0 Å². The lowest BCUT2D eigenvalue weighted by molar-refractivity contribution is 1.13. The second-order valence-corrected chi connectivity index (χ2v) is 5.19. The summed E-state index contributed by atoms with van der Waals surface area (Å²) in [4.78, 5) is 8.36. The summed E-state index contributed by atoms with van der Waals surface area (Å²) in [6.45, 7) is 0. The minimum absolute atomic E-state index is 0.900. The first kappa shape index (κ1) is 9.43. The molecule has 2 heterocycles. The standard InChI is InChI=1S/C8H6Br2N2S/c9-6-3-13-7(8(6)10)1-5-2-11-4-12-5/h2-4H,1H2,(H,11,12). The summed E-state index contributed by atoms with van der Waals surface area (Å²) < 4.78 is 2.26. The van der Waals surface area contributed by atoms with E-state index in [1.807, 2.05) is 6.20 Å². The Morgan fingerprint density at radius 3 is 2.85 bits per heavy atom. The van der Waals surface area contributed by atoms with Gasteiger partial charge in [-0.05, 0) is 31.9 Å². The van der Waals surface area contributed by atoms with Crippen LogP contribution in [0.3, 0.4) is 0 Å². The molecule has 0 saturated carbocycles. The van der Waals surface area contributed by atoms with Crippen molar-refractivity contribution in [2.24, 2.45) is 0 Å². The smallest absolute Gasteiger partial charge is 0.0921 e. The largest absolute Gasteiger partial charge is 0.348 e. The van der Waals surface area contributed by atoms with Crippen molar-refractivity contribution >= 4 is 43.2 Å². The molecule has 0 unspecified atom stereocenters. The number of halogens is 2. The Balaban J connectivity index is 2.24. The lowest BCUT2D eigenvalue weighted by Crippen LogP contribution is -1.84. The zero-order valence-electron chi connectivity index (χ0n) is 6.55. The first-order valence-corrected chi connectivity index (χ1v) is 6.12. The van der Waals surface area contributed by atoms with E-state index in [1.165, 1.54) is 4.88 Å².